The first kappa shape index (κ1) is 14.4. The van der Waals surface area contributed by atoms with Crippen molar-refractivity contribution >= 4 is 0 Å². The average Bonchev–Trinajstić information content (AvgIpc) is 2.42. The van der Waals surface area contributed by atoms with Gasteiger partial charge < -0.3 is 10.5 Å². The molecule has 2 aromatic rings. The van der Waals surface area contributed by atoms with Crippen LogP contribution in [0.5, 0.6) is 5.75 Å². The van der Waals surface area contributed by atoms with Gasteiger partial charge in [0.05, 0.1) is 13.2 Å². The highest BCUT2D eigenvalue weighted by atomic mass is 19.1. The largest absolute Gasteiger partial charge is 0.497 e. The molecule has 1 unspecified atom stereocenters. The van der Waals surface area contributed by atoms with Gasteiger partial charge in [-0.25, -0.2) is 13.2 Å². The lowest BCUT2D eigenvalue weighted by atomic mass is 9.97. The number of hydrogen-bond acceptors (Lipinski definition) is 2. The summed E-state index contributed by atoms with van der Waals surface area (Å²) in [6.07, 6.45) is 0. The van der Waals surface area contributed by atoms with Crippen molar-refractivity contribution in [3.63, 3.8) is 0 Å². The number of halogens is 3. The van der Waals surface area contributed by atoms with E-state index in [1.54, 1.807) is 0 Å². The number of aryl methyl sites for hydroxylation is 1. The van der Waals surface area contributed by atoms with E-state index in [0.29, 0.717) is 5.75 Å². The van der Waals surface area contributed by atoms with Crippen molar-refractivity contribution in [1.82, 2.24) is 0 Å². The van der Waals surface area contributed by atoms with Gasteiger partial charge in [-0.2, -0.15) is 0 Å². The summed E-state index contributed by atoms with van der Waals surface area (Å²) in [6.45, 7) is 1.45. The summed E-state index contributed by atoms with van der Waals surface area (Å²) < 4.78 is 46.2. The Morgan fingerprint density at radius 2 is 1.60 bits per heavy atom. The van der Waals surface area contributed by atoms with Gasteiger partial charge >= 0.3 is 0 Å². The average molecular weight is 281 g/mol. The van der Waals surface area contributed by atoms with Crippen molar-refractivity contribution in [3.05, 3.63) is 64.5 Å². The van der Waals surface area contributed by atoms with Gasteiger partial charge in [-0.05, 0) is 30.7 Å². The number of benzene rings is 2. The molecule has 20 heavy (non-hydrogen) atoms. The topological polar surface area (TPSA) is 35.2 Å². The number of methoxy groups -OCH3 is 1. The smallest absolute Gasteiger partial charge is 0.132 e. The zero-order chi connectivity index (χ0) is 14.9. The third kappa shape index (κ3) is 2.63. The Kier molecular flexibility index (Phi) is 3.99. The maximum Gasteiger partial charge on any atom is 0.132 e. The molecule has 0 radical (unpaired) electrons. The van der Waals surface area contributed by atoms with Crippen LogP contribution < -0.4 is 10.5 Å². The summed E-state index contributed by atoms with van der Waals surface area (Å²) in [5.41, 5.74) is 6.01. The molecule has 0 fully saturated rings. The van der Waals surface area contributed by atoms with Crippen LogP contribution in [0, 0.1) is 24.4 Å². The maximum absolute atomic E-state index is 13.9. The Morgan fingerprint density at radius 1 is 0.950 bits per heavy atom. The van der Waals surface area contributed by atoms with Crippen molar-refractivity contribution in [2.75, 3.05) is 7.11 Å². The third-order valence-corrected chi connectivity index (χ3v) is 3.16. The minimum absolute atomic E-state index is 0.0768. The van der Waals surface area contributed by atoms with Crippen molar-refractivity contribution in [1.29, 1.82) is 0 Å². The highest BCUT2D eigenvalue weighted by Gasteiger charge is 2.19. The predicted molar refractivity (Wildman–Crippen MR) is 70.1 cm³/mol. The van der Waals surface area contributed by atoms with E-state index in [9.17, 15) is 13.2 Å². The second-order valence-corrected chi connectivity index (χ2v) is 4.49. The zero-order valence-corrected chi connectivity index (χ0v) is 11.1. The molecule has 2 nitrogen and oxygen atoms in total. The fourth-order valence-electron chi connectivity index (χ4n) is 1.95. The SMILES string of the molecule is COc1ccc(C(N)c2cc(F)c(C)cc2F)c(F)c1. The molecule has 0 saturated heterocycles. The maximum atomic E-state index is 13.9. The van der Waals surface area contributed by atoms with E-state index in [-0.39, 0.29) is 16.7 Å². The van der Waals surface area contributed by atoms with Gasteiger partial charge in [0.1, 0.15) is 23.2 Å². The van der Waals surface area contributed by atoms with Crippen LogP contribution in [0.1, 0.15) is 22.7 Å². The van der Waals surface area contributed by atoms with Gasteiger partial charge in [0.25, 0.3) is 0 Å². The van der Waals surface area contributed by atoms with Crippen LogP contribution in [-0.2, 0) is 0 Å². The molecule has 0 aromatic heterocycles. The van der Waals surface area contributed by atoms with Crippen LogP contribution in [-0.4, -0.2) is 7.11 Å². The monoisotopic (exact) mass is 281 g/mol. The van der Waals surface area contributed by atoms with Crippen molar-refractivity contribution < 1.29 is 17.9 Å². The first-order valence-corrected chi connectivity index (χ1v) is 5.98. The lowest BCUT2D eigenvalue weighted by Crippen LogP contribution is -2.16. The van der Waals surface area contributed by atoms with Gasteiger partial charge in [-0.3, -0.25) is 0 Å². The van der Waals surface area contributed by atoms with E-state index in [4.69, 9.17) is 10.5 Å². The Bertz CT molecular complexity index is 643. The summed E-state index contributed by atoms with van der Waals surface area (Å²) in [5.74, 6) is -1.54. The fraction of sp³-hybridized carbons (Fsp3) is 0.200. The highest BCUT2D eigenvalue weighted by Crippen LogP contribution is 2.28. The summed E-state index contributed by atoms with van der Waals surface area (Å²) >= 11 is 0. The van der Waals surface area contributed by atoms with E-state index >= 15 is 0 Å². The fourth-order valence-corrected chi connectivity index (χ4v) is 1.95. The summed E-state index contributed by atoms with van der Waals surface area (Å²) in [4.78, 5) is 0. The van der Waals surface area contributed by atoms with Crippen molar-refractivity contribution in [3.8, 4) is 5.75 Å². The molecule has 0 aliphatic rings. The van der Waals surface area contributed by atoms with Crippen LogP contribution >= 0.6 is 0 Å². The molecular weight excluding hydrogens is 267 g/mol. The number of nitrogens with two attached hydrogens (primary N) is 1. The molecule has 0 aliphatic heterocycles. The summed E-state index contributed by atoms with van der Waals surface area (Å²) in [7, 11) is 1.41. The third-order valence-electron chi connectivity index (χ3n) is 3.16. The lowest BCUT2D eigenvalue weighted by Gasteiger charge is -2.15. The van der Waals surface area contributed by atoms with Crippen molar-refractivity contribution in [2.24, 2.45) is 5.73 Å². The van der Waals surface area contributed by atoms with Gasteiger partial charge in [0.2, 0.25) is 0 Å². The molecule has 0 saturated carbocycles. The predicted octanol–water partition coefficient (Wildman–Crippen LogP) is 3.47. The zero-order valence-electron chi connectivity index (χ0n) is 11.1. The minimum atomic E-state index is -1.09. The van der Waals surface area contributed by atoms with Crippen molar-refractivity contribution in [2.45, 2.75) is 13.0 Å². The Hall–Kier alpha value is -2.01. The molecule has 1 atom stereocenters. The molecule has 106 valence electrons. The Balaban J connectivity index is 2.46. The summed E-state index contributed by atoms with van der Waals surface area (Å²) in [5, 5.41) is 0. The van der Waals surface area contributed by atoms with Crippen LogP contribution in [0.3, 0.4) is 0 Å². The first-order valence-electron chi connectivity index (χ1n) is 5.98. The molecule has 0 amide bonds. The normalized spacial score (nSPS) is 12.3. The van der Waals surface area contributed by atoms with Gasteiger partial charge in [-0.15, -0.1) is 0 Å². The molecular formula is C15H14F3NO. The molecule has 2 rings (SSSR count). The second kappa shape index (κ2) is 5.54. The number of rotatable bonds is 3. The van der Waals surface area contributed by atoms with E-state index in [1.807, 2.05) is 0 Å². The summed E-state index contributed by atoms with van der Waals surface area (Å²) in [6, 6.07) is 5.02. The molecule has 2 aromatic carbocycles. The lowest BCUT2D eigenvalue weighted by molar-refractivity contribution is 0.410. The number of hydrogen-bond donors (Lipinski definition) is 1. The standard InChI is InChI=1S/C15H14F3NO/c1-8-5-13(17)11(7-12(8)16)15(19)10-4-3-9(20-2)6-14(10)18/h3-7,15H,19H2,1-2H3. The number of ether oxygens (including phenoxy) is 1. The second-order valence-electron chi connectivity index (χ2n) is 4.49. The van der Waals surface area contributed by atoms with Crippen LogP contribution in [0.2, 0.25) is 0 Å². The quantitative estimate of drug-likeness (QED) is 0.935. The van der Waals surface area contributed by atoms with Crippen LogP contribution in [0.15, 0.2) is 30.3 Å². The van der Waals surface area contributed by atoms with Gasteiger partial charge in [-0.1, -0.05) is 6.07 Å². The van der Waals surface area contributed by atoms with Crippen LogP contribution in [0.4, 0.5) is 13.2 Å². The molecule has 2 N–H and O–H groups in total. The van der Waals surface area contributed by atoms with E-state index < -0.39 is 23.5 Å². The minimum Gasteiger partial charge on any atom is -0.497 e. The van der Waals surface area contributed by atoms with E-state index in [2.05, 4.69) is 0 Å². The molecule has 5 heteroatoms. The first-order chi connectivity index (χ1) is 9.43. The molecule has 0 aliphatic carbocycles. The van der Waals surface area contributed by atoms with Gasteiger partial charge in [0, 0.05) is 17.2 Å². The van der Waals surface area contributed by atoms with Crippen LogP contribution in [0.25, 0.3) is 0 Å². The van der Waals surface area contributed by atoms with E-state index in [1.165, 1.54) is 26.2 Å². The van der Waals surface area contributed by atoms with E-state index in [0.717, 1.165) is 18.2 Å². The Morgan fingerprint density at radius 3 is 2.20 bits per heavy atom. The highest BCUT2D eigenvalue weighted by molar-refractivity contribution is 5.38. The Labute approximate surface area is 115 Å². The van der Waals surface area contributed by atoms with Gasteiger partial charge in [0.15, 0.2) is 0 Å². The molecule has 0 heterocycles. The molecule has 0 bridgehead atoms. The molecule has 0 spiro atoms.